The fraction of sp³-hybridized carbons (Fsp3) is 0.579. The Morgan fingerprint density at radius 2 is 1.29 bits per heavy atom. The smallest absolute Gasteiger partial charge is 0.335 e. The Bertz CT molecular complexity index is 395. The average molecular weight is 289 g/mol. The maximum Gasteiger partial charge on any atom is 0.335 e. The standard InChI is InChI=1S/C19H29O2/c1-3-5-7-9-11-16(10-8-6-4-2)17-12-14-18(15-13-17)19(20)21/h12-15H,3-11H2,1-2H3,(H,20,21). The molecule has 0 heterocycles. The Morgan fingerprint density at radius 3 is 1.81 bits per heavy atom. The molecule has 1 radical (unpaired) electrons. The van der Waals surface area contributed by atoms with Crippen LogP contribution in [0.15, 0.2) is 24.3 Å². The first-order valence-electron chi connectivity index (χ1n) is 8.37. The lowest BCUT2D eigenvalue weighted by Crippen LogP contribution is -2.02. The SMILES string of the molecule is CCCCCC[C](CCCCC)c1ccc(C(=O)O)cc1. The Morgan fingerprint density at radius 1 is 0.810 bits per heavy atom. The lowest BCUT2D eigenvalue weighted by Gasteiger charge is -2.17. The molecule has 2 nitrogen and oxygen atoms in total. The number of carboxylic acids is 1. The van der Waals surface area contributed by atoms with Crippen molar-refractivity contribution in [3.8, 4) is 0 Å². The number of rotatable bonds is 11. The topological polar surface area (TPSA) is 37.3 Å². The van der Waals surface area contributed by atoms with Crippen LogP contribution in [0.1, 0.15) is 87.6 Å². The molecule has 2 heteroatoms. The Balaban J connectivity index is 2.62. The van der Waals surface area contributed by atoms with Crippen LogP contribution < -0.4 is 0 Å². The molecule has 0 unspecified atom stereocenters. The highest BCUT2D eigenvalue weighted by molar-refractivity contribution is 5.87. The van der Waals surface area contributed by atoms with E-state index in [0.717, 1.165) is 12.8 Å². The molecule has 0 aromatic heterocycles. The van der Waals surface area contributed by atoms with Crippen molar-refractivity contribution >= 4 is 5.97 Å². The van der Waals surface area contributed by atoms with Crippen LogP contribution in [0.3, 0.4) is 0 Å². The van der Waals surface area contributed by atoms with Gasteiger partial charge >= 0.3 is 5.97 Å². The van der Waals surface area contributed by atoms with Gasteiger partial charge < -0.3 is 5.11 Å². The van der Waals surface area contributed by atoms with E-state index in [-0.39, 0.29) is 0 Å². The van der Waals surface area contributed by atoms with Crippen molar-refractivity contribution < 1.29 is 9.90 Å². The summed E-state index contributed by atoms with van der Waals surface area (Å²) >= 11 is 0. The van der Waals surface area contributed by atoms with Gasteiger partial charge in [-0.15, -0.1) is 0 Å². The van der Waals surface area contributed by atoms with Crippen molar-refractivity contribution in [3.63, 3.8) is 0 Å². The Kier molecular flexibility index (Phi) is 8.80. The summed E-state index contributed by atoms with van der Waals surface area (Å²) in [5, 5.41) is 8.98. The van der Waals surface area contributed by atoms with Crippen LogP contribution in [0.2, 0.25) is 0 Å². The summed E-state index contributed by atoms with van der Waals surface area (Å²) in [6, 6.07) is 7.40. The molecule has 1 aromatic carbocycles. The highest BCUT2D eigenvalue weighted by Crippen LogP contribution is 2.27. The van der Waals surface area contributed by atoms with E-state index in [4.69, 9.17) is 5.11 Å². The predicted octanol–water partition coefficient (Wildman–Crippen LogP) is 5.86. The second kappa shape index (κ2) is 10.4. The summed E-state index contributed by atoms with van der Waals surface area (Å²) in [5.41, 5.74) is 1.60. The molecule has 0 aliphatic rings. The zero-order valence-corrected chi connectivity index (χ0v) is 13.5. The second-order valence-electron chi connectivity index (χ2n) is 5.75. The lowest BCUT2D eigenvalue weighted by molar-refractivity contribution is 0.0697. The van der Waals surface area contributed by atoms with E-state index in [1.807, 2.05) is 12.1 Å². The third kappa shape index (κ3) is 6.79. The summed E-state index contributed by atoms with van der Waals surface area (Å²) in [5.74, 6) is 0.647. The van der Waals surface area contributed by atoms with Gasteiger partial charge in [-0.2, -0.15) is 0 Å². The van der Waals surface area contributed by atoms with Gasteiger partial charge in [-0.1, -0.05) is 70.9 Å². The first-order valence-corrected chi connectivity index (χ1v) is 8.37. The zero-order chi connectivity index (χ0) is 15.5. The molecule has 0 amide bonds. The maximum atomic E-state index is 10.9. The first-order chi connectivity index (χ1) is 10.2. The quantitative estimate of drug-likeness (QED) is 0.518. The van der Waals surface area contributed by atoms with E-state index < -0.39 is 5.97 Å². The van der Waals surface area contributed by atoms with Gasteiger partial charge in [-0.25, -0.2) is 4.79 Å². The van der Waals surface area contributed by atoms with Crippen LogP contribution in [-0.2, 0) is 0 Å². The van der Waals surface area contributed by atoms with E-state index >= 15 is 0 Å². The minimum atomic E-state index is -0.850. The third-order valence-corrected chi connectivity index (χ3v) is 3.95. The molecular weight excluding hydrogens is 260 g/mol. The molecule has 117 valence electrons. The number of hydrogen-bond donors (Lipinski definition) is 1. The summed E-state index contributed by atoms with van der Waals surface area (Å²) in [6.07, 6.45) is 11.1. The zero-order valence-electron chi connectivity index (χ0n) is 13.5. The van der Waals surface area contributed by atoms with Gasteiger partial charge in [0, 0.05) is 5.92 Å². The summed E-state index contributed by atoms with van der Waals surface area (Å²) in [6.45, 7) is 4.46. The molecule has 0 aliphatic heterocycles. The number of carboxylic acid groups (broad SMARTS) is 1. The minimum absolute atomic E-state index is 0.373. The number of aromatic carboxylic acids is 1. The van der Waals surface area contributed by atoms with E-state index in [0.29, 0.717) is 5.56 Å². The Hall–Kier alpha value is -1.31. The van der Waals surface area contributed by atoms with Crippen LogP contribution in [0, 0.1) is 5.92 Å². The van der Waals surface area contributed by atoms with Crippen molar-refractivity contribution in [1.82, 2.24) is 0 Å². The number of benzene rings is 1. The van der Waals surface area contributed by atoms with E-state index in [9.17, 15) is 4.79 Å². The fourth-order valence-electron chi connectivity index (χ4n) is 2.62. The molecule has 0 aliphatic carbocycles. The molecule has 0 fully saturated rings. The number of hydrogen-bond acceptors (Lipinski definition) is 1. The molecule has 1 N–H and O–H groups in total. The molecule has 1 aromatic rings. The largest absolute Gasteiger partial charge is 0.478 e. The van der Waals surface area contributed by atoms with Crippen LogP contribution in [0.4, 0.5) is 0 Å². The molecule has 1 rings (SSSR count). The third-order valence-electron chi connectivity index (χ3n) is 3.95. The maximum absolute atomic E-state index is 10.9. The van der Waals surface area contributed by atoms with Gasteiger partial charge in [0.05, 0.1) is 5.56 Å². The van der Waals surface area contributed by atoms with Crippen LogP contribution in [0.5, 0.6) is 0 Å². The molecular formula is C19H29O2. The van der Waals surface area contributed by atoms with Gasteiger partial charge in [-0.3, -0.25) is 0 Å². The second-order valence-corrected chi connectivity index (χ2v) is 5.75. The monoisotopic (exact) mass is 289 g/mol. The van der Waals surface area contributed by atoms with Crippen molar-refractivity contribution in [3.05, 3.63) is 41.3 Å². The molecule has 21 heavy (non-hydrogen) atoms. The van der Waals surface area contributed by atoms with Gasteiger partial charge in [0.15, 0.2) is 0 Å². The van der Waals surface area contributed by atoms with E-state index in [1.54, 1.807) is 12.1 Å². The fourth-order valence-corrected chi connectivity index (χ4v) is 2.62. The average Bonchev–Trinajstić information content (AvgIpc) is 2.50. The summed E-state index contributed by atoms with van der Waals surface area (Å²) in [4.78, 5) is 10.9. The van der Waals surface area contributed by atoms with E-state index in [1.165, 1.54) is 56.4 Å². The normalized spacial score (nSPS) is 11.0. The van der Waals surface area contributed by atoms with E-state index in [2.05, 4.69) is 13.8 Å². The Labute approximate surface area is 129 Å². The highest BCUT2D eigenvalue weighted by Gasteiger charge is 2.13. The summed E-state index contributed by atoms with van der Waals surface area (Å²) < 4.78 is 0. The first kappa shape index (κ1) is 17.7. The predicted molar refractivity (Wildman–Crippen MR) is 88.6 cm³/mol. The van der Waals surface area contributed by atoms with Crippen molar-refractivity contribution in [2.75, 3.05) is 0 Å². The number of carbonyl (C=O) groups is 1. The molecule has 0 bridgehead atoms. The van der Waals surface area contributed by atoms with Crippen molar-refractivity contribution in [2.24, 2.45) is 0 Å². The molecule has 0 saturated carbocycles. The lowest BCUT2D eigenvalue weighted by atomic mass is 9.88. The number of unbranched alkanes of at least 4 members (excludes halogenated alkanes) is 5. The molecule has 0 spiro atoms. The van der Waals surface area contributed by atoms with Gasteiger partial charge in [-0.05, 0) is 30.5 Å². The van der Waals surface area contributed by atoms with Crippen molar-refractivity contribution in [1.29, 1.82) is 0 Å². The molecule has 0 atom stereocenters. The minimum Gasteiger partial charge on any atom is -0.478 e. The van der Waals surface area contributed by atoms with Crippen molar-refractivity contribution in [2.45, 2.75) is 71.6 Å². The van der Waals surface area contributed by atoms with Gasteiger partial charge in [0.2, 0.25) is 0 Å². The van der Waals surface area contributed by atoms with Crippen LogP contribution >= 0.6 is 0 Å². The van der Waals surface area contributed by atoms with Gasteiger partial charge in [0.25, 0.3) is 0 Å². The van der Waals surface area contributed by atoms with Crippen LogP contribution in [-0.4, -0.2) is 11.1 Å². The van der Waals surface area contributed by atoms with Crippen LogP contribution in [0.25, 0.3) is 0 Å². The highest BCUT2D eigenvalue weighted by atomic mass is 16.4. The molecule has 0 saturated heterocycles. The summed E-state index contributed by atoms with van der Waals surface area (Å²) in [7, 11) is 0. The van der Waals surface area contributed by atoms with Gasteiger partial charge in [0.1, 0.15) is 0 Å².